The maximum atomic E-state index is 8.83. The molecule has 0 saturated carbocycles. The molecule has 0 atom stereocenters. The summed E-state index contributed by atoms with van der Waals surface area (Å²) in [5, 5.41) is 9.93. The molecule has 0 amide bonds. The van der Waals surface area contributed by atoms with Gasteiger partial charge in [-0.15, -0.1) is 0 Å². The van der Waals surface area contributed by atoms with E-state index in [4.69, 9.17) is 33.3 Å². The number of hydrogen-bond acceptors (Lipinski definition) is 2. The second-order valence-electron chi connectivity index (χ2n) is 3.27. The van der Waals surface area contributed by atoms with Gasteiger partial charge in [0.1, 0.15) is 5.75 Å². The van der Waals surface area contributed by atoms with Gasteiger partial charge in [-0.05, 0) is 36.4 Å². The van der Waals surface area contributed by atoms with Crippen molar-refractivity contribution >= 4 is 28.9 Å². The molecule has 0 bridgehead atoms. The number of ether oxygens (including phenoxy) is 1. The summed E-state index contributed by atoms with van der Waals surface area (Å²) in [5.41, 5.74) is 0.271. The van der Waals surface area contributed by atoms with Crippen molar-refractivity contribution in [1.82, 2.24) is 0 Å². The second-order valence-corrected chi connectivity index (χ2v) is 4.14. The number of halogens is 2. The van der Waals surface area contributed by atoms with Crippen LogP contribution < -0.4 is 4.74 Å². The van der Waals surface area contributed by atoms with Crippen molar-refractivity contribution in [3.05, 3.63) is 57.5 Å². The molecule has 0 fully saturated rings. The predicted molar refractivity (Wildman–Crippen MR) is 67.7 cm³/mol. The molecule has 5 heteroatoms. The third kappa shape index (κ3) is 2.88. The molecule has 3 nitrogen and oxygen atoms in total. The summed E-state index contributed by atoms with van der Waals surface area (Å²) in [6.45, 7) is 0. The minimum atomic E-state index is 0.271. The highest BCUT2D eigenvalue weighted by Gasteiger charge is 2.16. The van der Waals surface area contributed by atoms with Crippen LogP contribution >= 0.6 is 23.2 Å². The number of hydrogen-bond donors (Lipinski definition) is 0. The highest BCUT2D eigenvalue weighted by molar-refractivity contribution is 6.31. The Morgan fingerprint density at radius 2 is 1.59 bits per heavy atom. The summed E-state index contributed by atoms with van der Waals surface area (Å²) in [6.07, 6.45) is 0. The fourth-order valence-electron chi connectivity index (χ4n) is 1.28. The molecule has 2 aromatic rings. The maximum absolute atomic E-state index is 8.83. The highest BCUT2D eigenvalue weighted by Crippen LogP contribution is 2.34. The second kappa shape index (κ2) is 5.05. The van der Waals surface area contributed by atoms with E-state index < -0.39 is 0 Å². The van der Waals surface area contributed by atoms with Crippen LogP contribution in [0.4, 0.5) is 5.69 Å². The van der Waals surface area contributed by atoms with Crippen LogP contribution in [0.25, 0.3) is 4.98 Å². The molecule has 2 aromatic carbocycles. The highest BCUT2D eigenvalue weighted by atomic mass is 35.5. The monoisotopic (exact) mass is 265 g/mol. The van der Waals surface area contributed by atoms with Gasteiger partial charge < -0.3 is 4.74 Å². The minimum absolute atomic E-state index is 0.271. The zero-order chi connectivity index (χ0) is 12.3. The van der Waals surface area contributed by atoms with Gasteiger partial charge in [0.2, 0.25) is 11.1 Å². The van der Waals surface area contributed by atoms with Crippen LogP contribution in [-0.2, 0) is 0 Å². The Bertz CT molecular complexity index is 576. The van der Waals surface area contributed by atoms with E-state index in [1.165, 1.54) is 6.07 Å². The Hall–Kier alpha value is -1.76. The summed E-state index contributed by atoms with van der Waals surface area (Å²) in [4.78, 5) is 3.11. The molecule has 0 radical (unpaired) electrons. The van der Waals surface area contributed by atoms with Crippen molar-refractivity contribution in [3.63, 3.8) is 0 Å². The maximum Gasteiger partial charge on any atom is 0.428 e. The third-order valence-corrected chi connectivity index (χ3v) is 2.56. The fraction of sp³-hybridized carbons (Fsp3) is 0. The SMILES string of the molecule is N#[N+]c1cc(Cl)ccc1Oc1ccc(Cl)cc1. The Labute approximate surface area is 108 Å². The van der Waals surface area contributed by atoms with Gasteiger partial charge in [0.25, 0.3) is 0 Å². The van der Waals surface area contributed by atoms with Gasteiger partial charge in [-0.1, -0.05) is 23.2 Å². The molecule has 0 aliphatic rings. The van der Waals surface area contributed by atoms with E-state index in [2.05, 4.69) is 4.98 Å². The molecular weight excluding hydrogens is 259 g/mol. The summed E-state index contributed by atoms with van der Waals surface area (Å²) >= 11 is 11.5. The molecule has 17 heavy (non-hydrogen) atoms. The summed E-state index contributed by atoms with van der Waals surface area (Å²) in [5.74, 6) is 1.01. The number of diazo groups is 1. The van der Waals surface area contributed by atoms with E-state index in [1.54, 1.807) is 36.4 Å². The van der Waals surface area contributed by atoms with Crippen molar-refractivity contribution in [1.29, 1.82) is 5.39 Å². The molecule has 2 rings (SSSR count). The van der Waals surface area contributed by atoms with E-state index in [-0.39, 0.29) is 5.69 Å². The minimum Gasteiger partial charge on any atom is -0.449 e. The zero-order valence-electron chi connectivity index (χ0n) is 8.60. The normalized spacial score (nSPS) is 9.71. The lowest BCUT2D eigenvalue weighted by Crippen LogP contribution is -1.83. The fourth-order valence-corrected chi connectivity index (χ4v) is 1.58. The topological polar surface area (TPSA) is 37.4 Å². The van der Waals surface area contributed by atoms with Gasteiger partial charge in [0, 0.05) is 10.0 Å². The van der Waals surface area contributed by atoms with Crippen LogP contribution in [0.2, 0.25) is 10.0 Å². The first kappa shape index (κ1) is 11.7. The van der Waals surface area contributed by atoms with Crippen molar-refractivity contribution in [2.75, 3.05) is 0 Å². The first-order valence-corrected chi connectivity index (χ1v) is 5.53. The van der Waals surface area contributed by atoms with E-state index in [1.807, 2.05) is 0 Å². The summed E-state index contributed by atoms with van der Waals surface area (Å²) in [6, 6.07) is 11.7. The van der Waals surface area contributed by atoms with Gasteiger partial charge in [-0.3, -0.25) is 0 Å². The number of nitrogens with zero attached hydrogens (tertiary/aromatic N) is 2. The molecule has 0 spiro atoms. The quantitative estimate of drug-likeness (QED) is 0.694. The van der Waals surface area contributed by atoms with Crippen molar-refractivity contribution in [2.45, 2.75) is 0 Å². The Morgan fingerprint density at radius 3 is 2.24 bits per heavy atom. The molecule has 0 heterocycles. The predicted octanol–water partition coefficient (Wildman–Crippen LogP) is 5.27. The van der Waals surface area contributed by atoms with E-state index in [0.29, 0.717) is 21.5 Å². The van der Waals surface area contributed by atoms with Gasteiger partial charge in [-0.2, -0.15) is 0 Å². The molecule has 0 aromatic heterocycles. The van der Waals surface area contributed by atoms with E-state index >= 15 is 0 Å². The largest absolute Gasteiger partial charge is 0.449 e. The molecule has 0 saturated heterocycles. The van der Waals surface area contributed by atoms with Crippen LogP contribution in [-0.4, -0.2) is 0 Å². The van der Waals surface area contributed by atoms with Gasteiger partial charge in [-0.25, -0.2) is 0 Å². The summed E-state index contributed by atoms with van der Waals surface area (Å²) < 4.78 is 5.54. The molecule has 0 N–H and O–H groups in total. The number of rotatable bonds is 2. The van der Waals surface area contributed by atoms with Crippen LogP contribution in [0.5, 0.6) is 11.5 Å². The Balaban J connectivity index is 2.30. The molecule has 0 unspecified atom stereocenters. The smallest absolute Gasteiger partial charge is 0.428 e. The zero-order valence-corrected chi connectivity index (χ0v) is 10.1. The Kier molecular flexibility index (Phi) is 3.48. The van der Waals surface area contributed by atoms with Gasteiger partial charge >= 0.3 is 5.69 Å². The standard InChI is InChI=1S/C12H7Cl2N2O/c13-8-1-4-10(5-2-8)17-12-6-3-9(14)7-11(12)16-15/h1-7H/q+1. The van der Waals surface area contributed by atoms with Crippen molar-refractivity contribution in [2.24, 2.45) is 0 Å². The Morgan fingerprint density at radius 1 is 0.941 bits per heavy atom. The molecule has 0 aliphatic heterocycles. The summed E-state index contributed by atoms with van der Waals surface area (Å²) in [7, 11) is 0. The average molecular weight is 266 g/mol. The first-order valence-electron chi connectivity index (χ1n) is 4.77. The third-order valence-electron chi connectivity index (χ3n) is 2.07. The lowest BCUT2D eigenvalue weighted by molar-refractivity contribution is 0.485. The average Bonchev–Trinajstić information content (AvgIpc) is 2.34. The van der Waals surface area contributed by atoms with E-state index in [0.717, 1.165) is 0 Å². The lowest BCUT2D eigenvalue weighted by atomic mass is 10.3. The molecule has 0 aliphatic carbocycles. The van der Waals surface area contributed by atoms with Gasteiger partial charge in [0.05, 0.1) is 6.07 Å². The number of benzene rings is 2. The van der Waals surface area contributed by atoms with Crippen LogP contribution in [0.3, 0.4) is 0 Å². The van der Waals surface area contributed by atoms with Crippen LogP contribution in [0.15, 0.2) is 42.5 Å². The molecular formula is C12H7Cl2N2O+. The van der Waals surface area contributed by atoms with Gasteiger partial charge in [0.15, 0.2) is 4.98 Å². The van der Waals surface area contributed by atoms with Crippen LogP contribution in [0, 0.1) is 5.39 Å². The van der Waals surface area contributed by atoms with Crippen molar-refractivity contribution in [3.8, 4) is 11.5 Å². The lowest BCUT2D eigenvalue weighted by Gasteiger charge is -2.03. The van der Waals surface area contributed by atoms with E-state index in [9.17, 15) is 0 Å². The van der Waals surface area contributed by atoms with Crippen molar-refractivity contribution < 1.29 is 4.74 Å². The first-order chi connectivity index (χ1) is 8.19. The molecule has 84 valence electrons. The van der Waals surface area contributed by atoms with Crippen LogP contribution in [0.1, 0.15) is 0 Å².